The van der Waals surface area contributed by atoms with Gasteiger partial charge in [-0.3, -0.25) is 4.72 Å². The van der Waals surface area contributed by atoms with E-state index in [4.69, 9.17) is 0 Å². The Bertz CT molecular complexity index is 748. The summed E-state index contributed by atoms with van der Waals surface area (Å²) in [4.78, 5) is 0. The van der Waals surface area contributed by atoms with Crippen LogP contribution in [0.25, 0.3) is 0 Å². The lowest BCUT2D eigenvalue weighted by Crippen LogP contribution is -2.11. The van der Waals surface area contributed by atoms with E-state index in [1.807, 2.05) is 0 Å². The molecule has 0 unspecified atom stereocenters. The largest absolute Gasteiger partial charge is 0.381 e. The van der Waals surface area contributed by atoms with Crippen LogP contribution >= 0.6 is 0 Å². The fourth-order valence-corrected chi connectivity index (χ4v) is 2.31. The van der Waals surface area contributed by atoms with E-state index in [1.54, 1.807) is 18.2 Å². The molecule has 0 bridgehead atoms. The number of benzene rings is 2. The molecule has 2 N–H and O–H groups in total. The van der Waals surface area contributed by atoms with Crippen molar-refractivity contribution >= 4 is 21.4 Å². The van der Waals surface area contributed by atoms with Crippen molar-refractivity contribution < 1.29 is 17.2 Å². The van der Waals surface area contributed by atoms with Crippen molar-refractivity contribution in [3.05, 3.63) is 59.7 Å². The molecule has 2 aromatic rings. The summed E-state index contributed by atoms with van der Waals surface area (Å²) in [6, 6.07) is 10.2. The SMILES string of the molecule is CS(=O)(=O)Nc1cc(NCc2ccccc2F)ccc1F. The Morgan fingerprint density at radius 3 is 2.43 bits per heavy atom. The molecular formula is C14H14F2N2O2S. The van der Waals surface area contributed by atoms with Crippen LogP contribution in [0.1, 0.15) is 5.56 Å². The lowest BCUT2D eigenvalue weighted by atomic mass is 10.2. The molecule has 0 amide bonds. The molecule has 112 valence electrons. The molecule has 0 atom stereocenters. The normalized spacial score (nSPS) is 11.2. The topological polar surface area (TPSA) is 58.2 Å². The number of anilines is 2. The second-order valence-electron chi connectivity index (χ2n) is 4.51. The Morgan fingerprint density at radius 1 is 1.05 bits per heavy atom. The molecule has 4 nitrogen and oxygen atoms in total. The third-order valence-electron chi connectivity index (χ3n) is 2.70. The van der Waals surface area contributed by atoms with Crippen LogP contribution in [0.3, 0.4) is 0 Å². The van der Waals surface area contributed by atoms with E-state index in [2.05, 4.69) is 10.0 Å². The number of hydrogen-bond acceptors (Lipinski definition) is 3. The summed E-state index contributed by atoms with van der Waals surface area (Å²) in [7, 11) is -3.57. The van der Waals surface area contributed by atoms with Crippen molar-refractivity contribution in [2.45, 2.75) is 6.54 Å². The molecule has 0 radical (unpaired) electrons. The van der Waals surface area contributed by atoms with Crippen molar-refractivity contribution in [1.29, 1.82) is 0 Å². The molecular weight excluding hydrogens is 298 g/mol. The maximum atomic E-state index is 13.5. The monoisotopic (exact) mass is 312 g/mol. The summed E-state index contributed by atoms with van der Waals surface area (Å²) >= 11 is 0. The molecule has 0 aliphatic carbocycles. The lowest BCUT2D eigenvalue weighted by Gasteiger charge is -2.10. The molecule has 7 heteroatoms. The van der Waals surface area contributed by atoms with Crippen LogP contribution in [0.5, 0.6) is 0 Å². The first-order valence-electron chi connectivity index (χ1n) is 6.10. The van der Waals surface area contributed by atoms with E-state index in [-0.39, 0.29) is 18.0 Å². The molecule has 2 aromatic carbocycles. The van der Waals surface area contributed by atoms with E-state index in [0.29, 0.717) is 11.3 Å². The lowest BCUT2D eigenvalue weighted by molar-refractivity contribution is 0.604. The van der Waals surface area contributed by atoms with Crippen molar-refractivity contribution in [3.8, 4) is 0 Å². The van der Waals surface area contributed by atoms with Crippen LogP contribution in [-0.2, 0) is 16.6 Å². The first kappa shape index (κ1) is 15.2. The van der Waals surface area contributed by atoms with E-state index < -0.39 is 15.8 Å². The molecule has 0 aliphatic heterocycles. The average Bonchev–Trinajstić information content (AvgIpc) is 2.39. The summed E-state index contributed by atoms with van der Waals surface area (Å²) in [5.74, 6) is -1.03. The highest BCUT2D eigenvalue weighted by Gasteiger charge is 2.09. The highest BCUT2D eigenvalue weighted by Crippen LogP contribution is 2.21. The summed E-state index contributed by atoms with van der Waals surface area (Å²) in [6.07, 6.45) is 0.936. The zero-order valence-electron chi connectivity index (χ0n) is 11.2. The fourth-order valence-electron chi connectivity index (χ4n) is 1.75. The number of hydrogen-bond donors (Lipinski definition) is 2. The molecule has 21 heavy (non-hydrogen) atoms. The zero-order chi connectivity index (χ0) is 15.5. The smallest absolute Gasteiger partial charge is 0.229 e. The van der Waals surface area contributed by atoms with Gasteiger partial charge in [-0.05, 0) is 24.3 Å². The Morgan fingerprint density at radius 2 is 1.76 bits per heavy atom. The predicted molar refractivity (Wildman–Crippen MR) is 78.6 cm³/mol. The Kier molecular flexibility index (Phi) is 4.42. The number of sulfonamides is 1. The third-order valence-corrected chi connectivity index (χ3v) is 3.29. The minimum atomic E-state index is -3.57. The van der Waals surface area contributed by atoms with Crippen LogP contribution in [-0.4, -0.2) is 14.7 Å². The number of rotatable bonds is 5. The zero-order valence-corrected chi connectivity index (χ0v) is 12.0. The van der Waals surface area contributed by atoms with Gasteiger partial charge in [-0.25, -0.2) is 17.2 Å². The summed E-state index contributed by atoms with van der Waals surface area (Å²) in [6.45, 7) is 0.205. The summed E-state index contributed by atoms with van der Waals surface area (Å²) in [5, 5.41) is 2.91. The molecule has 0 aliphatic rings. The van der Waals surface area contributed by atoms with Gasteiger partial charge in [0.1, 0.15) is 11.6 Å². The molecule has 0 heterocycles. The minimum Gasteiger partial charge on any atom is -0.381 e. The fraction of sp³-hybridized carbons (Fsp3) is 0.143. The Labute approximate surface area is 121 Å². The van der Waals surface area contributed by atoms with Gasteiger partial charge in [0.15, 0.2) is 0 Å². The first-order valence-corrected chi connectivity index (χ1v) is 7.99. The highest BCUT2D eigenvalue weighted by atomic mass is 32.2. The number of halogens is 2. The second-order valence-corrected chi connectivity index (χ2v) is 6.26. The van der Waals surface area contributed by atoms with Gasteiger partial charge in [0.2, 0.25) is 10.0 Å². The van der Waals surface area contributed by atoms with Crippen LogP contribution in [0.15, 0.2) is 42.5 Å². The Balaban J connectivity index is 2.14. The molecule has 0 saturated heterocycles. The van der Waals surface area contributed by atoms with Crippen molar-refractivity contribution in [1.82, 2.24) is 0 Å². The number of nitrogens with one attached hydrogen (secondary N) is 2. The van der Waals surface area contributed by atoms with Crippen LogP contribution in [0.2, 0.25) is 0 Å². The van der Waals surface area contributed by atoms with Gasteiger partial charge in [0, 0.05) is 17.8 Å². The van der Waals surface area contributed by atoms with Gasteiger partial charge in [0.25, 0.3) is 0 Å². The van der Waals surface area contributed by atoms with E-state index in [1.165, 1.54) is 18.2 Å². The summed E-state index contributed by atoms with van der Waals surface area (Å²) in [5.41, 5.74) is 0.779. The van der Waals surface area contributed by atoms with Crippen molar-refractivity contribution in [2.75, 3.05) is 16.3 Å². The highest BCUT2D eigenvalue weighted by molar-refractivity contribution is 7.92. The summed E-state index contributed by atoms with van der Waals surface area (Å²) < 4.78 is 51.3. The van der Waals surface area contributed by atoms with Crippen molar-refractivity contribution in [3.63, 3.8) is 0 Å². The maximum absolute atomic E-state index is 13.5. The van der Waals surface area contributed by atoms with Gasteiger partial charge in [-0.2, -0.15) is 0 Å². The van der Waals surface area contributed by atoms with Gasteiger partial charge in [-0.15, -0.1) is 0 Å². The predicted octanol–water partition coefficient (Wildman–Crippen LogP) is 2.95. The van der Waals surface area contributed by atoms with E-state index in [9.17, 15) is 17.2 Å². The molecule has 0 fully saturated rings. The van der Waals surface area contributed by atoms with Gasteiger partial charge >= 0.3 is 0 Å². The molecule has 0 aromatic heterocycles. The van der Waals surface area contributed by atoms with Gasteiger partial charge in [-0.1, -0.05) is 18.2 Å². The van der Waals surface area contributed by atoms with Crippen LogP contribution in [0, 0.1) is 11.6 Å². The van der Waals surface area contributed by atoms with Gasteiger partial charge < -0.3 is 5.32 Å². The quantitative estimate of drug-likeness (QED) is 0.892. The van der Waals surface area contributed by atoms with Crippen LogP contribution < -0.4 is 10.0 Å². The van der Waals surface area contributed by atoms with Crippen LogP contribution in [0.4, 0.5) is 20.2 Å². The molecule has 2 rings (SSSR count). The van der Waals surface area contributed by atoms with Gasteiger partial charge in [0.05, 0.1) is 11.9 Å². The van der Waals surface area contributed by atoms with Crippen molar-refractivity contribution in [2.24, 2.45) is 0 Å². The second kappa shape index (κ2) is 6.09. The molecule has 0 spiro atoms. The molecule has 0 saturated carbocycles. The average molecular weight is 312 g/mol. The Hall–Kier alpha value is -2.15. The van der Waals surface area contributed by atoms with E-state index >= 15 is 0 Å². The first-order chi connectivity index (χ1) is 9.85. The maximum Gasteiger partial charge on any atom is 0.229 e. The minimum absolute atomic E-state index is 0.156. The standard InChI is InChI=1S/C14H14F2N2O2S/c1-21(19,20)18-14-8-11(6-7-13(14)16)17-9-10-4-2-3-5-12(10)15/h2-8,17-18H,9H2,1H3. The van der Waals surface area contributed by atoms with E-state index in [0.717, 1.165) is 12.3 Å². The third kappa shape index (κ3) is 4.42.